The third-order valence-corrected chi connectivity index (χ3v) is 5.07. The zero-order valence-corrected chi connectivity index (χ0v) is 17.0. The number of anilines is 1. The molecule has 0 saturated carbocycles. The number of hydrogen-bond acceptors (Lipinski definition) is 6. The quantitative estimate of drug-likeness (QED) is 0.832. The van der Waals surface area contributed by atoms with Crippen LogP contribution in [0.2, 0.25) is 0 Å². The van der Waals surface area contributed by atoms with Crippen molar-refractivity contribution >= 4 is 11.7 Å². The molecule has 2 aromatic rings. The highest BCUT2D eigenvalue weighted by molar-refractivity contribution is 5.90. The van der Waals surface area contributed by atoms with Crippen LogP contribution in [0.25, 0.3) is 0 Å². The second kappa shape index (κ2) is 7.64. The van der Waals surface area contributed by atoms with Crippen LogP contribution in [0.3, 0.4) is 0 Å². The normalized spacial score (nSPS) is 18.0. The van der Waals surface area contributed by atoms with Gasteiger partial charge in [-0.25, -0.2) is 15.0 Å². The molecule has 3 rings (SSSR count). The van der Waals surface area contributed by atoms with Gasteiger partial charge in [-0.1, -0.05) is 0 Å². The Kier molecular flexibility index (Phi) is 5.46. The zero-order chi connectivity index (χ0) is 19.7. The lowest BCUT2D eigenvalue weighted by atomic mass is 10.2. The van der Waals surface area contributed by atoms with E-state index in [0.717, 1.165) is 48.1 Å². The average molecular weight is 371 g/mol. The minimum Gasteiger partial charge on any atom is -0.355 e. The van der Waals surface area contributed by atoms with Crippen molar-refractivity contribution in [2.24, 2.45) is 0 Å². The summed E-state index contributed by atoms with van der Waals surface area (Å²) in [6.07, 6.45) is 2.87. The van der Waals surface area contributed by atoms with Crippen molar-refractivity contribution < 1.29 is 4.79 Å². The first-order valence-corrected chi connectivity index (χ1v) is 9.35. The predicted octanol–water partition coefficient (Wildman–Crippen LogP) is 1.76. The minimum absolute atomic E-state index is 0.155. The maximum Gasteiger partial charge on any atom is 0.291 e. The molecule has 2 N–H and O–H groups in total. The number of rotatable bonds is 5. The average Bonchev–Trinajstić information content (AvgIpc) is 3.25. The fraction of sp³-hybridized carbons (Fsp3) is 0.579. The van der Waals surface area contributed by atoms with E-state index in [1.54, 1.807) is 14.1 Å². The topological polar surface area (TPSA) is 90.0 Å². The third-order valence-electron chi connectivity index (χ3n) is 5.07. The Morgan fingerprint density at radius 1 is 1.33 bits per heavy atom. The number of aromatic nitrogens is 4. The van der Waals surface area contributed by atoms with Crippen molar-refractivity contribution in [1.29, 1.82) is 0 Å². The van der Waals surface area contributed by atoms with E-state index in [-0.39, 0.29) is 17.8 Å². The van der Waals surface area contributed by atoms with Gasteiger partial charge in [0.15, 0.2) is 0 Å². The first-order chi connectivity index (χ1) is 12.8. The van der Waals surface area contributed by atoms with Gasteiger partial charge >= 0.3 is 0 Å². The van der Waals surface area contributed by atoms with Crippen molar-refractivity contribution in [1.82, 2.24) is 30.2 Å². The van der Waals surface area contributed by atoms with E-state index in [1.807, 2.05) is 27.0 Å². The van der Waals surface area contributed by atoms with Gasteiger partial charge in [0.05, 0.1) is 6.04 Å². The van der Waals surface area contributed by atoms with Crippen LogP contribution >= 0.6 is 0 Å². The highest BCUT2D eigenvalue weighted by Crippen LogP contribution is 2.25. The van der Waals surface area contributed by atoms with E-state index in [9.17, 15) is 4.79 Å². The molecule has 2 atom stereocenters. The monoisotopic (exact) mass is 371 g/mol. The molecule has 1 aliphatic rings. The highest BCUT2D eigenvalue weighted by atomic mass is 16.2. The van der Waals surface area contributed by atoms with E-state index < -0.39 is 0 Å². The van der Waals surface area contributed by atoms with Crippen LogP contribution in [0.1, 0.15) is 52.8 Å². The van der Waals surface area contributed by atoms with Crippen molar-refractivity contribution in [2.75, 3.05) is 32.1 Å². The van der Waals surface area contributed by atoms with Gasteiger partial charge < -0.3 is 20.1 Å². The predicted molar refractivity (Wildman–Crippen MR) is 105 cm³/mol. The Balaban J connectivity index is 1.73. The van der Waals surface area contributed by atoms with Gasteiger partial charge in [0.2, 0.25) is 5.82 Å². The van der Waals surface area contributed by atoms with Crippen LogP contribution in [0.5, 0.6) is 0 Å². The molecule has 8 heteroatoms. The molecular weight excluding hydrogens is 342 g/mol. The first kappa shape index (κ1) is 19.3. The number of imidazole rings is 1. The van der Waals surface area contributed by atoms with Gasteiger partial charge in [0.25, 0.3) is 5.91 Å². The third kappa shape index (κ3) is 4.10. The molecule has 0 bridgehead atoms. The molecule has 8 nitrogen and oxygen atoms in total. The molecule has 1 amide bonds. The molecule has 1 unspecified atom stereocenters. The SMILES string of the molecule is Cc1cnc(C(C)N[C@@H]2CCN(c3nc(C(=O)N(C)C)nc(C)c3C)C2)[nH]1. The Labute approximate surface area is 160 Å². The number of aromatic amines is 1. The summed E-state index contributed by atoms with van der Waals surface area (Å²) in [5, 5.41) is 3.64. The van der Waals surface area contributed by atoms with Gasteiger partial charge in [0.1, 0.15) is 11.6 Å². The second-order valence-corrected chi connectivity index (χ2v) is 7.55. The van der Waals surface area contributed by atoms with Gasteiger partial charge in [-0.3, -0.25) is 4.79 Å². The highest BCUT2D eigenvalue weighted by Gasteiger charge is 2.28. The summed E-state index contributed by atoms with van der Waals surface area (Å²) in [6.45, 7) is 9.82. The van der Waals surface area contributed by atoms with Crippen molar-refractivity contribution in [3.8, 4) is 0 Å². The van der Waals surface area contributed by atoms with Gasteiger partial charge in [-0.05, 0) is 34.1 Å². The Morgan fingerprint density at radius 3 is 2.70 bits per heavy atom. The summed E-state index contributed by atoms with van der Waals surface area (Å²) < 4.78 is 0. The van der Waals surface area contributed by atoms with Gasteiger partial charge in [0, 0.05) is 56.4 Å². The zero-order valence-electron chi connectivity index (χ0n) is 17.0. The van der Waals surface area contributed by atoms with E-state index in [0.29, 0.717) is 6.04 Å². The molecule has 3 heterocycles. The molecule has 2 aromatic heterocycles. The summed E-state index contributed by atoms with van der Waals surface area (Å²) in [4.78, 5) is 32.7. The summed E-state index contributed by atoms with van der Waals surface area (Å²) >= 11 is 0. The van der Waals surface area contributed by atoms with E-state index >= 15 is 0 Å². The van der Waals surface area contributed by atoms with Gasteiger partial charge in [-0.2, -0.15) is 0 Å². The first-order valence-electron chi connectivity index (χ1n) is 9.35. The maximum absolute atomic E-state index is 12.3. The Morgan fingerprint density at radius 2 is 2.07 bits per heavy atom. The van der Waals surface area contributed by atoms with Crippen LogP contribution in [0, 0.1) is 20.8 Å². The number of aryl methyl sites for hydroxylation is 2. The Hall–Kier alpha value is -2.48. The number of nitrogens with zero attached hydrogens (tertiary/aromatic N) is 5. The summed E-state index contributed by atoms with van der Waals surface area (Å²) in [6, 6.07) is 0.496. The second-order valence-electron chi connectivity index (χ2n) is 7.55. The molecule has 27 heavy (non-hydrogen) atoms. The fourth-order valence-electron chi connectivity index (χ4n) is 3.39. The summed E-state index contributed by atoms with van der Waals surface area (Å²) in [7, 11) is 3.43. The Bertz CT molecular complexity index is 829. The molecule has 146 valence electrons. The van der Waals surface area contributed by atoms with Crippen LogP contribution in [-0.2, 0) is 0 Å². The lowest BCUT2D eigenvalue weighted by molar-refractivity contribution is 0.0815. The van der Waals surface area contributed by atoms with Gasteiger partial charge in [-0.15, -0.1) is 0 Å². The largest absolute Gasteiger partial charge is 0.355 e. The van der Waals surface area contributed by atoms with E-state index in [4.69, 9.17) is 0 Å². The number of carbonyl (C=O) groups is 1. The number of nitrogens with one attached hydrogen (secondary N) is 2. The van der Waals surface area contributed by atoms with E-state index in [1.165, 1.54) is 4.90 Å². The molecule has 1 aliphatic heterocycles. The van der Waals surface area contributed by atoms with Crippen LogP contribution in [0.4, 0.5) is 5.82 Å². The standard InChI is InChI=1S/C19H29N7O/c1-11-9-20-16(21-11)14(4)22-15-7-8-26(10-15)18-12(2)13(3)23-17(24-18)19(27)25(5)6/h9,14-15,22H,7-8,10H2,1-6H3,(H,20,21)/t14?,15-/m1/s1. The number of hydrogen-bond donors (Lipinski definition) is 2. The van der Waals surface area contributed by atoms with Crippen LogP contribution in [0.15, 0.2) is 6.20 Å². The summed E-state index contributed by atoms with van der Waals surface area (Å²) in [5.74, 6) is 1.90. The van der Waals surface area contributed by atoms with Crippen molar-refractivity contribution in [3.63, 3.8) is 0 Å². The lowest BCUT2D eigenvalue weighted by Crippen LogP contribution is -2.35. The molecular formula is C19H29N7O. The molecule has 0 radical (unpaired) electrons. The smallest absolute Gasteiger partial charge is 0.291 e. The lowest BCUT2D eigenvalue weighted by Gasteiger charge is -2.23. The maximum atomic E-state index is 12.3. The molecule has 0 aromatic carbocycles. The van der Waals surface area contributed by atoms with Crippen LogP contribution in [-0.4, -0.2) is 64.0 Å². The molecule has 0 spiro atoms. The number of amides is 1. The number of H-pyrrole nitrogens is 1. The van der Waals surface area contributed by atoms with Crippen LogP contribution < -0.4 is 10.2 Å². The fourth-order valence-corrected chi connectivity index (χ4v) is 3.39. The summed E-state index contributed by atoms with van der Waals surface area (Å²) in [5.41, 5.74) is 2.94. The van der Waals surface area contributed by atoms with E-state index in [2.05, 4.69) is 37.1 Å². The molecule has 0 aliphatic carbocycles. The van der Waals surface area contributed by atoms with Crippen molar-refractivity contribution in [2.45, 2.75) is 46.2 Å². The van der Waals surface area contributed by atoms with Crippen molar-refractivity contribution in [3.05, 3.63) is 34.8 Å². The molecule has 1 fully saturated rings. The molecule has 1 saturated heterocycles. The number of carbonyl (C=O) groups excluding carboxylic acids is 1. The minimum atomic E-state index is -0.171.